The Kier molecular flexibility index (Phi) is 7.40. The molecule has 0 fully saturated rings. The fourth-order valence-electron chi connectivity index (χ4n) is 4.44. The standard InChI is InChI=1S/C26H28ClN3O5S/c1-3-29(14-15-35-2)21-9-4-18(5-10-21)17-30-24-16-20(27)8-13-23(24)26(32,25(30)31)19-6-11-22(12-7-19)36(28,33)34/h4-13,16,32H,3,14-15,17H2,1-2H3,(H2,28,33,34). The second-order valence-corrected chi connectivity index (χ2v) is 10.6. The summed E-state index contributed by atoms with van der Waals surface area (Å²) < 4.78 is 28.5. The Morgan fingerprint density at radius 2 is 1.75 bits per heavy atom. The number of anilines is 2. The number of amides is 1. The molecular weight excluding hydrogens is 502 g/mol. The molecule has 0 aliphatic carbocycles. The van der Waals surface area contributed by atoms with Crippen molar-refractivity contribution in [1.29, 1.82) is 0 Å². The zero-order valence-corrected chi connectivity index (χ0v) is 21.6. The van der Waals surface area contributed by atoms with Crippen molar-refractivity contribution in [2.24, 2.45) is 5.14 Å². The summed E-state index contributed by atoms with van der Waals surface area (Å²) in [6.07, 6.45) is 0. The molecular formula is C26H28ClN3O5S. The molecule has 190 valence electrons. The van der Waals surface area contributed by atoms with Crippen LogP contribution in [0.2, 0.25) is 5.02 Å². The van der Waals surface area contributed by atoms with Crippen molar-refractivity contribution in [3.63, 3.8) is 0 Å². The Bertz CT molecular complexity index is 1360. The molecule has 1 aliphatic rings. The van der Waals surface area contributed by atoms with Crippen molar-refractivity contribution in [2.75, 3.05) is 36.6 Å². The summed E-state index contributed by atoms with van der Waals surface area (Å²) in [6.45, 7) is 4.50. The van der Waals surface area contributed by atoms with E-state index >= 15 is 0 Å². The lowest BCUT2D eigenvalue weighted by Gasteiger charge is -2.25. The van der Waals surface area contributed by atoms with Crippen LogP contribution in [0.5, 0.6) is 0 Å². The summed E-state index contributed by atoms with van der Waals surface area (Å²) in [4.78, 5) is 17.3. The van der Waals surface area contributed by atoms with Gasteiger partial charge in [-0.15, -0.1) is 0 Å². The van der Waals surface area contributed by atoms with E-state index in [1.54, 1.807) is 25.3 Å². The number of methoxy groups -OCH3 is 1. The van der Waals surface area contributed by atoms with E-state index < -0.39 is 21.5 Å². The van der Waals surface area contributed by atoms with Gasteiger partial charge in [-0.25, -0.2) is 13.6 Å². The van der Waals surface area contributed by atoms with Crippen LogP contribution in [-0.2, 0) is 31.7 Å². The van der Waals surface area contributed by atoms with E-state index in [4.69, 9.17) is 21.5 Å². The maximum absolute atomic E-state index is 13.7. The Morgan fingerprint density at radius 3 is 2.33 bits per heavy atom. The SMILES string of the molecule is CCN(CCOC)c1ccc(CN2C(=O)C(O)(c3ccc(S(N)(=O)=O)cc3)c3ccc(Cl)cc32)cc1. The number of fused-ring (bicyclic) bond motifs is 1. The van der Waals surface area contributed by atoms with Crippen LogP contribution in [-0.4, -0.2) is 46.2 Å². The first-order valence-electron chi connectivity index (χ1n) is 11.4. The summed E-state index contributed by atoms with van der Waals surface area (Å²) in [5.74, 6) is -0.553. The number of halogens is 1. The van der Waals surface area contributed by atoms with Gasteiger partial charge in [0, 0.05) is 36.5 Å². The molecule has 1 atom stereocenters. The molecule has 0 saturated carbocycles. The van der Waals surface area contributed by atoms with Gasteiger partial charge in [-0.3, -0.25) is 4.79 Å². The van der Waals surface area contributed by atoms with Crippen molar-refractivity contribution in [1.82, 2.24) is 0 Å². The van der Waals surface area contributed by atoms with Crippen molar-refractivity contribution in [2.45, 2.75) is 24.0 Å². The number of aliphatic hydroxyl groups is 1. The number of carbonyl (C=O) groups excluding carboxylic acids is 1. The van der Waals surface area contributed by atoms with Gasteiger partial charge in [-0.05, 0) is 54.4 Å². The Morgan fingerprint density at radius 1 is 1.08 bits per heavy atom. The third kappa shape index (κ3) is 4.85. The lowest BCUT2D eigenvalue weighted by Crippen LogP contribution is -2.40. The summed E-state index contributed by atoms with van der Waals surface area (Å²) in [6, 6.07) is 18.1. The van der Waals surface area contributed by atoms with Crippen LogP contribution >= 0.6 is 11.6 Å². The van der Waals surface area contributed by atoms with E-state index in [0.29, 0.717) is 22.9 Å². The molecule has 8 nitrogen and oxygen atoms in total. The zero-order valence-electron chi connectivity index (χ0n) is 20.0. The van der Waals surface area contributed by atoms with Gasteiger partial charge in [0.1, 0.15) is 0 Å². The summed E-state index contributed by atoms with van der Waals surface area (Å²) in [5, 5.41) is 17.3. The molecule has 1 aliphatic heterocycles. The predicted molar refractivity (Wildman–Crippen MR) is 140 cm³/mol. The molecule has 36 heavy (non-hydrogen) atoms. The molecule has 3 aromatic rings. The third-order valence-electron chi connectivity index (χ3n) is 6.38. The van der Waals surface area contributed by atoms with Gasteiger partial charge in [0.25, 0.3) is 5.91 Å². The van der Waals surface area contributed by atoms with Gasteiger partial charge in [0.2, 0.25) is 10.0 Å². The minimum Gasteiger partial charge on any atom is -0.383 e. The van der Waals surface area contributed by atoms with Gasteiger partial charge in [-0.1, -0.05) is 41.9 Å². The lowest BCUT2D eigenvalue weighted by atomic mass is 9.87. The van der Waals surface area contributed by atoms with E-state index in [9.17, 15) is 18.3 Å². The summed E-state index contributed by atoms with van der Waals surface area (Å²) in [5.41, 5.74) is 1.00. The number of likely N-dealkylation sites (N-methyl/N-ethyl adjacent to an activating group) is 1. The van der Waals surface area contributed by atoms with Gasteiger partial charge in [0.15, 0.2) is 5.60 Å². The molecule has 3 aromatic carbocycles. The van der Waals surface area contributed by atoms with Gasteiger partial charge in [0.05, 0.1) is 23.7 Å². The molecule has 0 spiro atoms. The number of benzene rings is 3. The minimum absolute atomic E-state index is 0.111. The van der Waals surface area contributed by atoms with E-state index in [1.807, 2.05) is 24.3 Å². The topological polar surface area (TPSA) is 113 Å². The first kappa shape index (κ1) is 26.1. The second-order valence-electron chi connectivity index (χ2n) is 8.57. The molecule has 1 amide bonds. The number of hydrogen-bond donors (Lipinski definition) is 2. The molecule has 10 heteroatoms. The van der Waals surface area contributed by atoms with Crippen LogP contribution in [0, 0.1) is 0 Å². The fourth-order valence-corrected chi connectivity index (χ4v) is 5.12. The van der Waals surface area contributed by atoms with Crippen molar-refractivity contribution in [3.05, 3.63) is 88.4 Å². The number of carbonyl (C=O) groups is 1. The second kappa shape index (κ2) is 10.2. The average Bonchev–Trinajstić information content (AvgIpc) is 3.07. The molecule has 4 rings (SSSR count). The highest BCUT2D eigenvalue weighted by Gasteiger charge is 2.51. The number of sulfonamides is 1. The van der Waals surface area contributed by atoms with Crippen LogP contribution in [0.15, 0.2) is 71.6 Å². The van der Waals surface area contributed by atoms with Crippen LogP contribution < -0.4 is 14.9 Å². The maximum atomic E-state index is 13.7. The number of nitrogens with zero attached hydrogens (tertiary/aromatic N) is 2. The third-order valence-corrected chi connectivity index (χ3v) is 7.55. The minimum atomic E-state index is -3.92. The highest BCUT2D eigenvalue weighted by molar-refractivity contribution is 7.89. The van der Waals surface area contributed by atoms with Gasteiger partial charge < -0.3 is 19.6 Å². The van der Waals surface area contributed by atoms with E-state index in [0.717, 1.165) is 24.3 Å². The number of rotatable bonds is 9. The lowest BCUT2D eigenvalue weighted by molar-refractivity contribution is -0.132. The van der Waals surface area contributed by atoms with Gasteiger partial charge >= 0.3 is 0 Å². The summed E-state index contributed by atoms with van der Waals surface area (Å²) in [7, 11) is -2.25. The van der Waals surface area contributed by atoms with E-state index in [2.05, 4.69) is 11.8 Å². The molecule has 1 heterocycles. The first-order chi connectivity index (χ1) is 17.1. The smallest absolute Gasteiger partial charge is 0.268 e. The zero-order chi connectivity index (χ0) is 26.1. The van der Waals surface area contributed by atoms with Crippen LogP contribution in [0.3, 0.4) is 0 Å². The van der Waals surface area contributed by atoms with Crippen molar-refractivity contribution < 1.29 is 23.1 Å². The van der Waals surface area contributed by atoms with Gasteiger partial charge in [-0.2, -0.15) is 0 Å². The molecule has 1 unspecified atom stereocenters. The highest BCUT2D eigenvalue weighted by Crippen LogP contribution is 2.46. The molecule has 0 saturated heterocycles. The Balaban J connectivity index is 1.67. The van der Waals surface area contributed by atoms with Crippen LogP contribution in [0.25, 0.3) is 0 Å². The van der Waals surface area contributed by atoms with E-state index in [-0.39, 0.29) is 17.0 Å². The maximum Gasteiger partial charge on any atom is 0.268 e. The number of primary sulfonamides is 1. The van der Waals surface area contributed by atoms with Crippen LogP contribution in [0.1, 0.15) is 23.6 Å². The monoisotopic (exact) mass is 529 g/mol. The summed E-state index contributed by atoms with van der Waals surface area (Å²) >= 11 is 6.25. The normalized spacial score (nSPS) is 17.4. The fraction of sp³-hybridized carbons (Fsp3) is 0.269. The molecule has 0 bridgehead atoms. The van der Waals surface area contributed by atoms with Crippen LogP contribution in [0.4, 0.5) is 11.4 Å². The molecule has 3 N–H and O–H groups in total. The Labute approximate surface area is 215 Å². The average molecular weight is 530 g/mol. The number of hydrogen-bond acceptors (Lipinski definition) is 6. The Hall–Kier alpha value is -2.95. The number of ether oxygens (including phenoxy) is 1. The number of nitrogens with two attached hydrogens (primary N) is 1. The first-order valence-corrected chi connectivity index (χ1v) is 13.3. The predicted octanol–water partition coefficient (Wildman–Crippen LogP) is 3.24. The largest absolute Gasteiger partial charge is 0.383 e. The molecule has 0 radical (unpaired) electrons. The van der Waals surface area contributed by atoms with E-state index in [1.165, 1.54) is 29.2 Å². The van der Waals surface area contributed by atoms with Crippen molar-refractivity contribution in [3.8, 4) is 0 Å². The van der Waals surface area contributed by atoms with Crippen molar-refractivity contribution >= 4 is 38.9 Å². The highest BCUT2D eigenvalue weighted by atomic mass is 35.5. The quantitative estimate of drug-likeness (QED) is 0.440. The molecule has 0 aromatic heterocycles.